The number of nitrogens with two attached hydrogens (primary N) is 1. The van der Waals surface area contributed by atoms with Crippen molar-refractivity contribution in [3.8, 4) is 0 Å². The van der Waals surface area contributed by atoms with Gasteiger partial charge in [0.1, 0.15) is 0 Å². The molecule has 0 saturated heterocycles. The molecule has 0 rings (SSSR count). The minimum atomic E-state index is -0.248. The van der Waals surface area contributed by atoms with Crippen LogP contribution in [0.5, 0.6) is 0 Å². The first-order valence-corrected chi connectivity index (χ1v) is 3.94. The van der Waals surface area contributed by atoms with Gasteiger partial charge in [0.2, 0.25) is 5.91 Å². The molecule has 3 heteroatoms. The summed E-state index contributed by atoms with van der Waals surface area (Å²) in [6, 6.07) is 0. The van der Waals surface area contributed by atoms with E-state index >= 15 is 0 Å². The van der Waals surface area contributed by atoms with Crippen LogP contribution in [0.4, 0.5) is 0 Å². The normalized spacial score (nSPS) is 6.88. The molecule has 0 aliphatic rings. The topological polar surface area (TPSA) is 43.1 Å². The molecule has 0 saturated carbocycles. The molecule has 0 fully saturated rings. The van der Waals surface area contributed by atoms with Crippen LogP contribution in [0, 0.1) is 0 Å². The third kappa shape index (κ3) is 17.0. The molecule has 0 spiro atoms. The predicted molar refractivity (Wildman–Crippen MR) is 38.9 cm³/mol. The van der Waals surface area contributed by atoms with Crippen LogP contribution in [0.2, 0.25) is 0 Å². The lowest BCUT2D eigenvalue weighted by atomic mass is 10.8. The van der Waals surface area contributed by atoms with Crippen LogP contribution in [0.15, 0.2) is 0 Å². The van der Waals surface area contributed by atoms with Crippen molar-refractivity contribution in [3.05, 3.63) is 0 Å². The average Bonchev–Trinajstić information content (AvgIpc) is 1.72. The Morgan fingerprint density at radius 1 is 1.62 bits per heavy atom. The van der Waals surface area contributed by atoms with Gasteiger partial charge in [-0.05, 0) is 6.26 Å². The monoisotopic (exact) mass is 135 g/mol. The molecular formula is C5H13NOS. The first kappa shape index (κ1) is 10.7. The zero-order valence-corrected chi connectivity index (χ0v) is 6.42. The SMILES string of the molecule is CC.CSCC(N)=O. The first-order chi connectivity index (χ1) is 3.77. The lowest BCUT2D eigenvalue weighted by molar-refractivity contribution is -0.115. The van der Waals surface area contributed by atoms with Gasteiger partial charge in [0, 0.05) is 0 Å². The van der Waals surface area contributed by atoms with Crippen LogP contribution < -0.4 is 5.73 Å². The van der Waals surface area contributed by atoms with Crippen molar-refractivity contribution < 1.29 is 4.79 Å². The average molecular weight is 135 g/mol. The molecule has 1 amide bonds. The maximum atomic E-state index is 9.80. The van der Waals surface area contributed by atoms with Gasteiger partial charge in [-0.2, -0.15) is 11.8 Å². The molecule has 0 aromatic heterocycles. The lowest BCUT2D eigenvalue weighted by Gasteiger charge is -1.81. The van der Waals surface area contributed by atoms with Crippen molar-refractivity contribution >= 4 is 17.7 Å². The highest BCUT2D eigenvalue weighted by atomic mass is 32.2. The highest BCUT2D eigenvalue weighted by Gasteiger charge is 1.84. The van der Waals surface area contributed by atoms with Crippen LogP contribution in [0.1, 0.15) is 13.8 Å². The second-order valence-electron chi connectivity index (χ2n) is 0.899. The quantitative estimate of drug-likeness (QED) is 0.610. The summed E-state index contributed by atoms with van der Waals surface area (Å²) in [7, 11) is 0. The van der Waals surface area contributed by atoms with Crippen molar-refractivity contribution in [1.82, 2.24) is 0 Å². The van der Waals surface area contributed by atoms with Crippen LogP contribution in [0.25, 0.3) is 0 Å². The summed E-state index contributed by atoms with van der Waals surface area (Å²) in [6.07, 6.45) is 1.84. The standard InChI is InChI=1S/C3H7NOS.C2H6/c1-6-2-3(4)5;1-2/h2H2,1H3,(H2,4,5);1-2H3. The number of carbonyl (C=O) groups excluding carboxylic acids is 1. The Kier molecular flexibility index (Phi) is 13.3. The van der Waals surface area contributed by atoms with Gasteiger partial charge >= 0.3 is 0 Å². The molecule has 0 radical (unpaired) electrons. The molecule has 50 valence electrons. The predicted octanol–water partition coefficient (Wildman–Crippen LogP) is 0.861. The lowest BCUT2D eigenvalue weighted by Crippen LogP contribution is -2.12. The number of rotatable bonds is 2. The smallest absolute Gasteiger partial charge is 0.227 e. The van der Waals surface area contributed by atoms with Crippen LogP contribution in [-0.2, 0) is 4.79 Å². The Bertz CT molecular complexity index is 56.4. The maximum absolute atomic E-state index is 9.80. The zero-order valence-electron chi connectivity index (χ0n) is 5.60. The van der Waals surface area contributed by atoms with E-state index in [0.29, 0.717) is 5.75 Å². The maximum Gasteiger partial charge on any atom is 0.227 e. The van der Waals surface area contributed by atoms with E-state index < -0.39 is 0 Å². The number of primary amides is 1. The number of hydrogen-bond acceptors (Lipinski definition) is 2. The van der Waals surface area contributed by atoms with E-state index in [1.807, 2.05) is 20.1 Å². The minimum Gasteiger partial charge on any atom is -0.369 e. The first-order valence-electron chi connectivity index (χ1n) is 2.54. The van der Waals surface area contributed by atoms with Crippen molar-refractivity contribution in [2.75, 3.05) is 12.0 Å². The van der Waals surface area contributed by atoms with E-state index in [-0.39, 0.29) is 5.91 Å². The summed E-state index contributed by atoms with van der Waals surface area (Å²) >= 11 is 1.44. The fourth-order valence-electron chi connectivity index (χ4n) is 0.142. The zero-order chi connectivity index (χ0) is 6.99. The van der Waals surface area contributed by atoms with E-state index in [9.17, 15) is 4.79 Å². The molecular weight excluding hydrogens is 122 g/mol. The second kappa shape index (κ2) is 9.94. The van der Waals surface area contributed by atoms with Gasteiger partial charge in [0.15, 0.2) is 0 Å². The molecule has 2 nitrogen and oxygen atoms in total. The molecule has 0 aliphatic carbocycles. The van der Waals surface area contributed by atoms with E-state index in [4.69, 9.17) is 5.73 Å². The third-order valence-electron chi connectivity index (χ3n) is 0.287. The molecule has 0 atom stereocenters. The van der Waals surface area contributed by atoms with Crippen LogP contribution in [-0.4, -0.2) is 17.9 Å². The Hall–Kier alpha value is -0.180. The van der Waals surface area contributed by atoms with Gasteiger partial charge in [-0.15, -0.1) is 0 Å². The largest absolute Gasteiger partial charge is 0.369 e. The number of thioether (sulfide) groups is 1. The fraction of sp³-hybridized carbons (Fsp3) is 0.800. The van der Waals surface area contributed by atoms with Gasteiger partial charge in [0.25, 0.3) is 0 Å². The number of hydrogen-bond donors (Lipinski definition) is 1. The number of amides is 1. The summed E-state index contributed by atoms with van der Waals surface area (Å²) in [4.78, 5) is 9.80. The van der Waals surface area contributed by atoms with Gasteiger partial charge in [-0.3, -0.25) is 4.79 Å². The molecule has 0 bridgehead atoms. The molecule has 0 aromatic rings. The van der Waals surface area contributed by atoms with E-state index in [1.165, 1.54) is 11.8 Å². The van der Waals surface area contributed by atoms with Gasteiger partial charge in [0.05, 0.1) is 5.75 Å². The Balaban J connectivity index is 0. The van der Waals surface area contributed by atoms with E-state index in [1.54, 1.807) is 0 Å². The second-order valence-corrected chi connectivity index (χ2v) is 1.77. The summed E-state index contributed by atoms with van der Waals surface area (Å²) in [5, 5.41) is 0. The molecule has 0 unspecified atom stereocenters. The molecule has 0 aromatic carbocycles. The molecule has 8 heavy (non-hydrogen) atoms. The fourth-order valence-corrected chi connectivity index (χ4v) is 0.427. The Morgan fingerprint density at radius 2 is 2.00 bits per heavy atom. The third-order valence-corrected chi connectivity index (χ3v) is 0.860. The van der Waals surface area contributed by atoms with Crippen molar-refractivity contribution in [2.45, 2.75) is 13.8 Å². The van der Waals surface area contributed by atoms with Gasteiger partial charge in [-0.25, -0.2) is 0 Å². The minimum absolute atomic E-state index is 0.248. The van der Waals surface area contributed by atoms with E-state index in [0.717, 1.165) is 0 Å². The van der Waals surface area contributed by atoms with Crippen molar-refractivity contribution in [1.29, 1.82) is 0 Å². The highest BCUT2D eigenvalue weighted by Crippen LogP contribution is 1.85. The van der Waals surface area contributed by atoms with Gasteiger partial charge in [-0.1, -0.05) is 13.8 Å². The van der Waals surface area contributed by atoms with Crippen molar-refractivity contribution in [3.63, 3.8) is 0 Å². The summed E-state index contributed by atoms with van der Waals surface area (Å²) in [6.45, 7) is 4.00. The Morgan fingerprint density at radius 3 is 2.00 bits per heavy atom. The summed E-state index contributed by atoms with van der Waals surface area (Å²) < 4.78 is 0. The van der Waals surface area contributed by atoms with Gasteiger partial charge < -0.3 is 5.73 Å². The molecule has 2 N–H and O–H groups in total. The molecule has 0 aliphatic heterocycles. The number of carbonyl (C=O) groups is 1. The van der Waals surface area contributed by atoms with Crippen molar-refractivity contribution in [2.24, 2.45) is 5.73 Å². The van der Waals surface area contributed by atoms with E-state index in [2.05, 4.69) is 0 Å². The Labute approximate surface area is 54.8 Å². The van der Waals surface area contributed by atoms with Crippen LogP contribution >= 0.6 is 11.8 Å². The van der Waals surface area contributed by atoms with Crippen LogP contribution in [0.3, 0.4) is 0 Å². The summed E-state index contributed by atoms with van der Waals surface area (Å²) in [5.74, 6) is 0.183. The highest BCUT2D eigenvalue weighted by molar-refractivity contribution is 7.99. The molecule has 0 heterocycles. The summed E-state index contributed by atoms with van der Waals surface area (Å²) in [5.41, 5.74) is 4.74.